The first-order chi connectivity index (χ1) is 7.47. The van der Waals surface area contributed by atoms with Gasteiger partial charge < -0.3 is 4.42 Å². The lowest BCUT2D eigenvalue weighted by molar-refractivity contribution is 0.466. The molecule has 0 bridgehead atoms. The predicted molar refractivity (Wildman–Crippen MR) is 57.1 cm³/mol. The van der Waals surface area contributed by atoms with Crippen LogP contribution in [0.2, 0.25) is 0 Å². The number of furan rings is 1. The fraction of sp³-hybridized carbons (Fsp3) is 0. The van der Waals surface area contributed by atoms with Gasteiger partial charge in [-0.15, -0.1) is 0 Å². The van der Waals surface area contributed by atoms with Crippen LogP contribution < -0.4 is 0 Å². The lowest BCUT2D eigenvalue weighted by Gasteiger charge is -1.95. The summed E-state index contributed by atoms with van der Waals surface area (Å²) in [5.74, 6) is -0.0558. The number of hydrogen-bond donors (Lipinski definition) is 0. The molecule has 2 aromatic rings. The summed E-state index contributed by atoms with van der Waals surface area (Å²) in [5, 5.41) is -0.325. The van der Waals surface area contributed by atoms with Crippen molar-refractivity contribution in [2.75, 3.05) is 0 Å². The topological polar surface area (TPSA) is 47.3 Å². The lowest BCUT2D eigenvalue weighted by atomic mass is 10.2. The van der Waals surface area contributed by atoms with Gasteiger partial charge in [-0.3, -0.25) is 0 Å². The molecule has 0 saturated carbocycles. The Labute approximate surface area is 95.9 Å². The van der Waals surface area contributed by atoms with Crippen LogP contribution in [-0.4, -0.2) is 8.42 Å². The first-order valence-corrected chi connectivity index (χ1v) is 6.58. The van der Waals surface area contributed by atoms with Crippen LogP contribution >= 0.6 is 10.7 Å². The number of hydrogen-bond acceptors (Lipinski definition) is 3. The minimum Gasteiger partial charge on any atom is -0.443 e. The molecule has 0 N–H and O–H groups in total. The molecule has 0 radical (unpaired) electrons. The van der Waals surface area contributed by atoms with Gasteiger partial charge in [0.1, 0.15) is 11.6 Å². The van der Waals surface area contributed by atoms with Crippen molar-refractivity contribution in [2.45, 2.75) is 5.09 Å². The monoisotopic (exact) mass is 260 g/mol. The molecular weight excluding hydrogens is 255 g/mol. The van der Waals surface area contributed by atoms with Crippen molar-refractivity contribution in [3.05, 3.63) is 42.2 Å². The average molecular weight is 261 g/mol. The van der Waals surface area contributed by atoms with Crippen molar-refractivity contribution in [3.8, 4) is 11.3 Å². The van der Waals surface area contributed by atoms with Gasteiger partial charge in [-0.2, -0.15) is 0 Å². The van der Waals surface area contributed by atoms with Crippen molar-refractivity contribution in [1.29, 1.82) is 0 Å². The van der Waals surface area contributed by atoms with E-state index in [1.165, 1.54) is 36.4 Å². The molecule has 1 aromatic carbocycles. The Balaban J connectivity index is 2.43. The molecule has 0 saturated heterocycles. The quantitative estimate of drug-likeness (QED) is 0.780. The van der Waals surface area contributed by atoms with Gasteiger partial charge in [-0.25, -0.2) is 12.8 Å². The zero-order chi connectivity index (χ0) is 11.8. The van der Waals surface area contributed by atoms with Crippen LogP contribution in [0, 0.1) is 5.82 Å². The first-order valence-electron chi connectivity index (χ1n) is 4.27. The van der Waals surface area contributed by atoms with Crippen LogP contribution in [0.15, 0.2) is 45.9 Å². The predicted octanol–water partition coefficient (Wildman–Crippen LogP) is 3.01. The Morgan fingerprint density at radius 2 is 1.69 bits per heavy atom. The summed E-state index contributed by atoms with van der Waals surface area (Å²) in [6, 6.07) is 8.20. The summed E-state index contributed by atoms with van der Waals surface area (Å²) in [5.41, 5.74) is 0.577. The van der Waals surface area contributed by atoms with Crippen LogP contribution in [-0.2, 0) is 9.05 Å². The normalized spacial score (nSPS) is 11.6. The zero-order valence-electron chi connectivity index (χ0n) is 7.85. The van der Waals surface area contributed by atoms with Crippen molar-refractivity contribution in [1.82, 2.24) is 0 Å². The Hall–Kier alpha value is -1.33. The molecule has 16 heavy (non-hydrogen) atoms. The Morgan fingerprint density at radius 3 is 2.19 bits per heavy atom. The summed E-state index contributed by atoms with van der Waals surface area (Å²) in [4.78, 5) is 0. The van der Waals surface area contributed by atoms with Gasteiger partial charge in [0.25, 0.3) is 9.05 Å². The van der Waals surface area contributed by atoms with E-state index < -0.39 is 9.05 Å². The SMILES string of the molecule is O=S(=O)(Cl)c1ccc(-c2ccc(F)cc2)o1. The molecule has 6 heteroatoms. The standard InChI is InChI=1S/C10H6ClFO3S/c11-16(13,14)10-6-5-9(15-10)7-1-3-8(12)4-2-7/h1-6H. The first kappa shape index (κ1) is 11.2. The second kappa shape index (κ2) is 3.92. The smallest absolute Gasteiger partial charge is 0.294 e. The highest BCUT2D eigenvalue weighted by molar-refractivity contribution is 8.13. The van der Waals surface area contributed by atoms with Gasteiger partial charge in [0.15, 0.2) is 0 Å². The van der Waals surface area contributed by atoms with Crippen molar-refractivity contribution >= 4 is 19.7 Å². The van der Waals surface area contributed by atoms with E-state index in [4.69, 9.17) is 15.1 Å². The molecule has 3 nitrogen and oxygen atoms in total. The van der Waals surface area contributed by atoms with Gasteiger partial charge in [0.05, 0.1) is 0 Å². The number of benzene rings is 1. The van der Waals surface area contributed by atoms with Crippen molar-refractivity contribution < 1.29 is 17.2 Å². The molecule has 0 aliphatic rings. The van der Waals surface area contributed by atoms with Crippen LogP contribution in [0.25, 0.3) is 11.3 Å². The van der Waals surface area contributed by atoms with Gasteiger partial charge >= 0.3 is 0 Å². The molecule has 0 fully saturated rings. The third-order valence-corrected chi connectivity index (χ3v) is 3.11. The fourth-order valence-electron chi connectivity index (χ4n) is 1.22. The fourth-order valence-corrected chi connectivity index (χ4v) is 1.89. The highest BCUT2D eigenvalue weighted by Gasteiger charge is 2.15. The Morgan fingerprint density at radius 1 is 1.06 bits per heavy atom. The Bertz CT molecular complexity index is 601. The number of rotatable bonds is 2. The molecule has 0 atom stereocenters. The summed E-state index contributed by atoms with van der Waals surface area (Å²) < 4.78 is 39.6. The zero-order valence-corrected chi connectivity index (χ0v) is 9.43. The van der Waals surface area contributed by atoms with E-state index in [-0.39, 0.29) is 10.9 Å². The molecule has 84 valence electrons. The third-order valence-electron chi connectivity index (χ3n) is 1.95. The second-order valence-corrected chi connectivity index (χ2v) is 5.56. The summed E-state index contributed by atoms with van der Waals surface area (Å²) in [7, 11) is 1.24. The highest BCUT2D eigenvalue weighted by atomic mass is 35.7. The third kappa shape index (κ3) is 2.25. The molecule has 1 aromatic heterocycles. The van der Waals surface area contributed by atoms with E-state index in [1.807, 2.05) is 0 Å². The van der Waals surface area contributed by atoms with Gasteiger partial charge in [-0.05, 0) is 36.4 Å². The second-order valence-electron chi connectivity index (χ2n) is 3.06. The van der Waals surface area contributed by atoms with Gasteiger partial charge in [0, 0.05) is 16.2 Å². The van der Waals surface area contributed by atoms with Crippen LogP contribution in [0.5, 0.6) is 0 Å². The largest absolute Gasteiger partial charge is 0.443 e. The maximum atomic E-state index is 12.6. The van der Waals surface area contributed by atoms with Crippen molar-refractivity contribution in [3.63, 3.8) is 0 Å². The number of halogens is 2. The van der Waals surface area contributed by atoms with E-state index in [0.29, 0.717) is 11.3 Å². The molecule has 0 aliphatic carbocycles. The molecule has 0 unspecified atom stereocenters. The molecular formula is C10H6ClFO3S. The van der Waals surface area contributed by atoms with E-state index in [1.54, 1.807) is 0 Å². The van der Waals surface area contributed by atoms with Crippen molar-refractivity contribution in [2.24, 2.45) is 0 Å². The van der Waals surface area contributed by atoms with E-state index in [9.17, 15) is 12.8 Å². The minimum atomic E-state index is -3.87. The minimum absolute atomic E-state index is 0.319. The Kier molecular flexibility index (Phi) is 2.73. The van der Waals surface area contributed by atoms with E-state index >= 15 is 0 Å². The van der Waals surface area contributed by atoms with E-state index in [2.05, 4.69) is 0 Å². The maximum Gasteiger partial charge on any atom is 0.294 e. The van der Waals surface area contributed by atoms with Gasteiger partial charge in [0.2, 0.25) is 5.09 Å². The lowest BCUT2D eigenvalue weighted by Crippen LogP contribution is -1.85. The molecule has 1 heterocycles. The summed E-state index contributed by atoms with van der Waals surface area (Å²) in [6.07, 6.45) is 0. The van der Waals surface area contributed by atoms with Crippen LogP contribution in [0.3, 0.4) is 0 Å². The molecule has 2 rings (SSSR count). The van der Waals surface area contributed by atoms with E-state index in [0.717, 1.165) is 0 Å². The van der Waals surface area contributed by atoms with Crippen LogP contribution in [0.1, 0.15) is 0 Å². The maximum absolute atomic E-state index is 12.6. The van der Waals surface area contributed by atoms with Gasteiger partial charge in [-0.1, -0.05) is 0 Å². The molecule has 0 aliphatic heterocycles. The highest BCUT2D eigenvalue weighted by Crippen LogP contribution is 2.26. The molecule has 0 spiro atoms. The summed E-state index contributed by atoms with van der Waals surface area (Å²) in [6.45, 7) is 0. The molecule has 0 amide bonds. The average Bonchev–Trinajstić information content (AvgIpc) is 2.67. The summed E-state index contributed by atoms with van der Waals surface area (Å²) >= 11 is 0. The van der Waals surface area contributed by atoms with Crippen LogP contribution in [0.4, 0.5) is 4.39 Å².